The predicted molar refractivity (Wildman–Crippen MR) is 67.3 cm³/mol. The summed E-state index contributed by atoms with van der Waals surface area (Å²) in [5, 5.41) is 0. The molecule has 0 atom stereocenters. The van der Waals surface area contributed by atoms with E-state index in [0.29, 0.717) is 18.4 Å². The molecular formula is C14H18FNO2. The highest BCUT2D eigenvalue weighted by Gasteiger charge is 2.35. The van der Waals surface area contributed by atoms with Crippen molar-refractivity contribution in [1.82, 2.24) is 0 Å². The van der Waals surface area contributed by atoms with Crippen LogP contribution in [0.3, 0.4) is 0 Å². The van der Waals surface area contributed by atoms with E-state index in [1.165, 1.54) is 19.2 Å². The van der Waals surface area contributed by atoms with Crippen LogP contribution in [0.4, 0.5) is 4.39 Å². The normalized spacial score (nSPS) is 18.4. The third kappa shape index (κ3) is 2.38. The van der Waals surface area contributed by atoms with Crippen molar-refractivity contribution in [3.05, 3.63) is 29.6 Å². The largest absolute Gasteiger partial charge is 0.494 e. The Hall–Kier alpha value is -1.42. The molecule has 1 aliphatic rings. The van der Waals surface area contributed by atoms with Gasteiger partial charge in [-0.05, 0) is 31.0 Å². The minimum absolute atomic E-state index is 0.140. The zero-order chi connectivity index (χ0) is 13.2. The molecule has 98 valence electrons. The first-order valence-corrected chi connectivity index (χ1v) is 6.24. The number of ketones is 1. The Morgan fingerprint density at radius 3 is 2.56 bits per heavy atom. The molecule has 0 unspecified atom stereocenters. The highest BCUT2D eigenvalue weighted by molar-refractivity contribution is 6.03. The lowest BCUT2D eigenvalue weighted by atomic mass is 9.77. The van der Waals surface area contributed by atoms with E-state index in [-0.39, 0.29) is 11.5 Å². The van der Waals surface area contributed by atoms with Gasteiger partial charge >= 0.3 is 0 Å². The Bertz CT molecular complexity index is 453. The van der Waals surface area contributed by atoms with Crippen LogP contribution in [0, 0.1) is 5.82 Å². The van der Waals surface area contributed by atoms with Crippen LogP contribution in [0.1, 0.15) is 42.5 Å². The maximum atomic E-state index is 13.6. The number of carbonyl (C=O) groups excluding carboxylic acids is 1. The van der Waals surface area contributed by atoms with E-state index in [0.717, 1.165) is 19.3 Å². The standard InChI is InChI=1S/C14H18FNO2/c1-18-12-6-5-10(9-11(12)15)13(17)14(16)7-3-2-4-8-14/h5-6,9H,2-4,7-8,16H2,1H3. The summed E-state index contributed by atoms with van der Waals surface area (Å²) >= 11 is 0. The molecule has 0 aliphatic heterocycles. The van der Waals surface area contributed by atoms with E-state index in [4.69, 9.17) is 10.5 Å². The number of Topliss-reactive ketones (excluding diaryl/α,β-unsaturated/α-hetero) is 1. The van der Waals surface area contributed by atoms with E-state index in [1.54, 1.807) is 6.07 Å². The van der Waals surface area contributed by atoms with Crippen molar-refractivity contribution in [1.29, 1.82) is 0 Å². The first kappa shape index (κ1) is 13.0. The average Bonchev–Trinajstić information content (AvgIpc) is 2.38. The fraction of sp³-hybridized carbons (Fsp3) is 0.500. The molecular weight excluding hydrogens is 233 g/mol. The van der Waals surface area contributed by atoms with Gasteiger partial charge in [-0.1, -0.05) is 19.3 Å². The van der Waals surface area contributed by atoms with Crippen LogP contribution in [0.25, 0.3) is 0 Å². The molecule has 4 heteroatoms. The number of hydrogen-bond acceptors (Lipinski definition) is 3. The van der Waals surface area contributed by atoms with Crippen LogP contribution in [0.5, 0.6) is 5.75 Å². The number of ether oxygens (including phenoxy) is 1. The maximum Gasteiger partial charge on any atom is 0.182 e. The lowest BCUT2D eigenvalue weighted by Gasteiger charge is -2.31. The third-order valence-electron chi connectivity index (χ3n) is 3.61. The van der Waals surface area contributed by atoms with Gasteiger partial charge in [0.2, 0.25) is 0 Å². The smallest absolute Gasteiger partial charge is 0.182 e. The van der Waals surface area contributed by atoms with E-state index >= 15 is 0 Å². The third-order valence-corrected chi connectivity index (χ3v) is 3.61. The molecule has 0 radical (unpaired) electrons. The summed E-state index contributed by atoms with van der Waals surface area (Å²) < 4.78 is 18.4. The monoisotopic (exact) mass is 251 g/mol. The number of methoxy groups -OCH3 is 1. The average molecular weight is 251 g/mol. The zero-order valence-corrected chi connectivity index (χ0v) is 10.5. The fourth-order valence-corrected chi connectivity index (χ4v) is 2.50. The van der Waals surface area contributed by atoms with Crippen LogP contribution in [-0.4, -0.2) is 18.4 Å². The van der Waals surface area contributed by atoms with Crippen LogP contribution < -0.4 is 10.5 Å². The summed E-state index contributed by atoms with van der Waals surface area (Å²) in [6.07, 6.45) is 4.39. The molecule has 1 fully saturated rings. The van der Waals surface area contributed by atoms with Crippen molar-refractivity contribution in [2.75, 3.05) is 7.11 Å². The number of hydrogen-bond donors (Lipinski definition) is 1. The molecule has 2 N–H and O–H groups in total. The summed E-state index contributed by atoms with van der Waals surface area (Å²) in [7, 11) is 1.39. The fourth-order valence-electron chi connectivity index (χ4n) is 2.50. The molecule has 0 saturated heterocycles. The van der Waals surface area contributed by atoms with Gasteiger partial charge in [0.25, 0.3) is 0 Å². The van der Waals surface area contributed by atoms with Crippen molar-refractivity contribution in [3.63, 3.8) is 0 Å². The molecule has 1 aliphatic carbocycles. The lowest BCUT2D eigenvalue weighted by Crippen LogP contribution is -2.49. The second-order valence-electron chi connectivity index (χ2n) is 4.90. The van der Waals surface area contributed by atoms with Crippen LogP contribution in [0.2, 0.25) is 0 Å². The highest BCUT2D eigenvalue weighted by Crippen LogP contribution is 2.30. The number of rotatable bonds is 3. The second-order valence-corrected chi connectivity index (χ2v) is 4.90. The number of carbonyl (C=O) groups is 1. The summed E-state index contributed by atoms with van der Waals surface area (Å²) in [6, 6.07) is 4.26. The molecule has 3 nitrogen and oxygen atoms in total. The number of nitrogens with two attached hydrogens (primary N) is 1. The molecule has 0 spiro atoms. The minimum atomic E-state index is -0.820. The van der Waals surface area contributed by atoms with Gasteiger partial charge in [-0.25, -0.2) is 4.39 Å². The quantitative estimate of drug-likeness (QED) is 0.840. The Labute approximate surface area is 106 Å². The molecule has 0 bridgehead atoms. The lowest BCUT2D eigenvalue weighted by molar-refractivity contribution is 0.0847. The number of halogens is 1. The molecule has 18 heavy (non-hydrogen) atoms. The topological polar surface area (TPSA) is 52.3 Å². The Balaban J connectivity index is 2.25. The minimum Gasteiger partial charge on any atom is -0.494 e. The van der Waals surface area contributed by atoms with E-state index in [1.807, 2.05) is 0 Å². The van der Waals surface area contributed by atoms with Crippen LogP contribution >= 0.6 is 0 Å². The van der Waals surface area contributed by atoms with Gasteiger partial charge in [0.15, 0.2) is 17.3 Å². The molecule has 0 amide bonds. The van der Waals surface area contributed by atoms with E-state index < -0.39 is 11.4 Å². The van der Waals surface area contributed by atoms with E-state index in [2.05, 4.69) is 0 Å². The molecule has 1 aromatic rings. The van der Waals surface area contributed by atoms with Gasteiger partial charge in [-0.2, -0.15) is 0 Å². The SMILES string of the molecule is COc1ccc(C(=O)C2(N)CCCCC2)cc1F. The van der Waals surface area contributed by atoms with Crippen molar-refractivity contribution in [2.24, 2.45) is 5.73 Å². The number of benzene rings is 1. The van der Waals surface area contributed by atoms with Gasteiger partial charge in [-0.3, -0.25) is 4.79 Å². The first-order chi connectivity index (χ1) is 8.57. The van der Waals surface area contributed by atoms with Gasteiger partial charge in [0, 0.05) is 5.56 Å². The van der Waals surface area contributed by atoms with Crippen LogP contribution in [-0.2, 0) is 0 Å². The van der Waals surface area contributed by atoms with E-state index in [9.17, 15) is 9.18 Å². The Kier molecular flexibility index (Phi) is 3.66. The Morgan fingerprint density at radius 2 is 2.00 bits per heavy atom. The van der Waals surface area contributed by atoms with Gasteiger partial charge in [-0.15, -0.1) is 0 Å². The zero-order valence-electron chi connectivity index (χ0n) is 10.5. The van der Waals surface area contributed by atoms with Gasteiger partial charge in [0.1, 0.15) is 0 Å². The van der Waals surface area contributed by atoms with Crippen molar-refractivity contribution < 1.29 is 13.9 Å². The van der Waals surface area contributed by atoms with Crippen LogP contribution in [0.15, 0.2) is 18.2 Å². The Morgan fingerprint density at radius 1 is 1.33 bits per heavy atom. The summed E-state index contributed by atoms with van der Waals surface area (Å²) in [5.41, 5.74) is 5.66. The summed E-state index contributed by atoms with van der Waals surface area (Å²) in [4.78, 5) is 12.3. The van der Waals surface area contributed by atoms with Gasteiger partial charge < -0.3 is 10.5 Å². The maximum absolute atomic E-state index is 13.6. The summed E-state index contributed by atoms with van der Waals surface area (Å²) in [5.74, 6) is -0.548. The predicted octanol–water partition coefficient (Wildman–Crippen LogP) is 2.68. The van der Waals surface area contributed by atoms with Crippen molar-refractivity contribution in [3.8, 4) is 5.75 Å². The molecule has 0 heterocycles. The first-order valence-electron chi connectivity index (χ1n) is 6.24. The highest BCUT2D eigenvalue weighted by atomic mass is 19.1. The second kappa shape index (κ2) is 5.06. The molecule has 2 rings (SSSR count). The molecule has 1 saturated carbocycles. The molecule has 0 aromatic heterocycles. The molecule has 1 aromatic carbocycles. The van der Waals surface area contributed by atoms with Gasteiger partial charge in [0.05, 0.1) is 12.6 Å². The summed E-state index contributed by atoms with van der Waals surface area (Å²) in [6.45, 7) is 0. The van der Waals surface area contributed by atoms with Crippen molar-refractivity contribution in [2.45, 2.75) is 37.6 Å². The van der Waals surface area contributed by atoms with Crippen molar-refractivity contribution >= 4 is 5.78 Å².